The molecule has 0 saturated carbocycles. The maximum absolute atomic E-state index is 4.38. The lowest BCUT2D eigenvalue weighted by molar-refractivity contribution is 0.354. The number of nitrogens with zero attached hydrogens (tertiary/aromatic N) is 3. The molecule has 98 valence electrons. The molecular weight excluding hydrogens is 212 g/mol. The van der Waals surface area contributed by atoms with Gasteiger partial charge in [0.05, 0.1) is 5.69 Å². The number of aromatic nitrogens is 2. The first-order valence-corrected chi connectivity index (χ1v) is 6.31. The van der Waals surface area contributed by atoms with Gasteiger partial charge in [-0.25, -0.2) is 0 Å². The zero-order valence-corrected chi connectivity index (χ0v) is 12.0. The van der Waals surface area contributed by atoms with Gasteiger partial charge in [-0.3, -0.25) is 4.68 Å². The third kappa shape index (κ3) is 4.48. The quantitative estimate of drug-likeness (QED) is 0.819. The lowest BCUT2D eigenvalue weighted by Gasteiger charge is -2.21. The van der Waals surface area contributed by atoms with E-state index in [4.69, 9.17) is 0 Å². The molecule has 1 aromatic rings. The van der Waals surface area contributed by atoms with Gasteiger partial charge >= 0.3 is 0 Å². The fourth-order valence-corrected chi connectivity index (χ4v) is 2.09. The molecule has 2 atom stereocenters. The van der Waals surface area contributed by atoms with E-state index in [1.54, 1.807) is 0 Å². The van der Waals surface area contributed by atoms with Crippen LogP contribution in [0.2, 0.25) is 0 Å². The van der Waals surface area contributed by atoms with Crippen molar-refractivity contribution in [1.82, 2.24) is 20.0 Å². The van der Waals surface area contributed by atoms with Crippen LogP contribution in [-0.4, -0.2) is 41.4 Å². The molecular formula is C13H26N4. The lowest BCUT2D eigenvalue weighted by atomic mass is 10.1. The predicted molar refractivity (Wildman–Crippen MR) is 72.1 cm³/mol. The van der Waals surface area contributed by atoms with Gasteiger partial charge in [0.1, 0.15) is 0 Å². The van der Waals surface area contributed by atoms with E-state index >= 15 is 0 Å². The van der Waals surface area contributed by atoms with Crippen molar-refractivity contribution >= 4 is 0 Å². The van der Waals surface area contributed by atoms with Crippen LogP contribution in [0.4, 0.5) is 0 Å². The molecule has 0 aliphatic rings. The Kier molecular flexibility index (Phi) is 5.15. The SMILES string of the molecule is Cc1nn(C)cc1C(C)NC(C)CCN(C)C. The summed E-state index contributed by atoms with van der Waals surface area (Å²) in [6.07, 6.45) is 3.27. The molecule has 1 heterocycles. The molecule has 1 N–H and O–H groups in total. The summed E-state index contributed by atoms with van der Waals surface area (Å²) >= 11 is 0. The molecule has 0 bridgehead atoms. The van der Waals surface area contributed by atoms with Crippen LogP contribution < -0.4 is 5.32 Å². The van der Waals surface area contributed by atoms with Gasteiger partial charge in [-0.15, -0.1) is 0 Å². The maximum Gasteiger partial charge on any atom is 0.0641 e. The Morgan fingerprint density at radius 2 is 2.06 bits per heavy atom. The van der Waals surface area contributed by atoms with Crippen molar-refractivity contribution < 1.29 is 0 Å². The van der Waals surface area contributed by atoms with E-state index in [-0.39, 0.29) is 0 Å². The smallest absolute Gasteiger partial charge is 0.0641 e. The molecule has 17 heavy (non-hydrogen) atoms. The summed E-state index contributed by atoms with van der Waals surface area (Å²) in [5.41, 5.74) is 2.41. The number of aryl methyl sites for hydroxylation is 2. The van der Waals surface area contributed by atoms with Crippen molar-refractivity contribution in [1.29, 1.82) is 0 Å². The minimum Gasteiger partial charge on any atom is -0.309 e. The number of rotatable bonds is 6. The van der Waals surface area contributed by atoms with Gasteiger partial charge in [-0.05, 0) is 47.8 Å². The van der Waals surface area contributed by atoms with Crippen molar-refractivity contribution in [2.45, 2.75) is 39.3 Å². The highest BCUT2D eigenvalue weighted by Crippen LogP contribution is 2.16. The van der Waals surface area contributed by atoms with E-state index in [1.165, 1.54) is 5.56 Å². The Balaban J connectivity index is 2.48. The van der Waals surface area contributed by atoms with E-state index in [1.807, 2.05) is 11.7 Å². The van der Waals surface area contributed by atoms with Crippen LogP contribution in [0, 0.1) is 6.92 Å². The summed E-state index contributed by atoms with van der Waals surface area (Å²) in [7, 11) is 6.20. The second-order valence-electron chi connectivity index (χ2n) is 5.22. The van der Waals surface area contributed by atoms with Crippen molar-refractivity contribution in [2.24, 2.45) is 7.05 Å². The first kappa shape index (κ1) is 14.2. The van der Waals surface area contributed by atoms with Crippen molar-refractivity contribution in [3.05, 3.63) is 17.5 Å². The minimum absolute atomic E-state index is 0.362. The second kappa shape index (κ2) is 6.17. The van der Waals surface area contributed by atoms with Gasteiger partial charge in [0.25, 0.3) is 0 Å². The van der Waals surface area contributed by atoms with E-state index in [2.05, 4.69) is 56.4 Å². The topological polar surface area (TPSA) is 33.1 Å². The molecule has 0 fully saturated rings. The molecule has 1 rings (SSSR count). The fraction of sp³-hybridized carbons (Fsp3) is 0.769. The highest BCUT2D eigenvalue weighted by molar-refractivity contribution is 5.19. The van der Waals surface area contributed by atoms with Crippen LogP contribution in [0.5, 0.6) is 0 Å². The Hall–Kier alpha value is -0.870. The van der Waals surface area contributed by atoms with Gasteiger partial charge < -0.3 is 10.2 Å². The summed E-state index contributed by atoms with van der Waals surface area (Å²) in [5.74, 6) is 0. The van der Waals surface area contributed by atoms with Crippen LogP contribution in [0.25, 0.3) is 0 Å². The average molecular weight is 238 g/mol. The van der Waals surface area contributed by atoms with Crippen molar-refractivity contribution in [3.8, 4) is 0 Å². The standard InChI is InChI=1S/C13H26N4/c1-10(7-8-16(4)5)14-11(2)13-9-17(6)15-12(13)3/h9-11,14H,7-8H2,1-6H3. The van der Waals surface area contributed by atoms with Gasteiger partial charge in [-0.1, -0.05) is 0 Å². The lowest BCUT2D eigenvalue weighted by Crippen LogP contribution is -2.32. The van der Waals surface area contributed by atoms with Crippen molar-refractivity contribution in [2.75, 3.05) is 20.6 Å². The Bertz CT molecular complexity index is 343. The summed E-state index contributed by atoms with van der Waals surface area (Å²) < 4.78 is 1.88. The molecule has 0 saturated heterocycles. The summed E-state index contributed by atoms with van der Waals surface area (Å²) in [4.78, 5) is 2.22. The second-order valence-corrected chi connectivity index (χ2v) is 5.22. The molecule has 1 aromatic heterocycles. The average Bonchev–Trinajstić information content (AvgIpc) is 2.55. The summed E-state index contributed by atoms with van der Waals surface area (Å²) in [6.45, 7) is 7.63. The van der Waals surface area contributed by atoms with Crippen LogP contribution in [0.1, 0.15) is 37.6 Å². The van der Waals surface area contributed by atoms with Gasteiger partial charge in [0.2, 0.25) is 0 Å². The molecule has 0 aromatic carbocycles. The zero-order chi connectivity index (χ0) is 13.0. The Labute approximate surface area is 105 Å². The first-order valence-electron chi connectivity index (χ1n) is 6.31. The molecule has 4 nitrogen and oxygen atoms in total. The molecule has 0 radical (unpaired) electrons. The van der Waals surface area contributed by atoms with Crippen LogP contribution in [-0.2, 0) is 7.05 Å². The van der Waals surface area contributed by atoms with E-state index in [0.29, 0.717) is 12.1 Å². The van der Waals surface area contributed by atoms with E-state index in [9.17, 15) is 0 Å². The van der Waals surface area contributed by atoms with E-state index in [0.717, 1.165) is 18.7 Å². The minimum atomic E-state index is 0.362. The molecule has 0 spiro atoms. The third-order valence-electron chi connectivity index (χ3n) is 3.06. The molecule has 0 aliphatic carbocycles. The summed E-state index contributed by atoms with van der Waals surface area (Å²) in [5, 5.41) is 8.01. The molecule has 0 amide bonds. The van der Waals surface area contributed by atoms with Gasteiger partial charge in [0, 0.05) is 30.9 Å². The van der Waals surface area contributed by atoms with Crippen LogP contribution in [0.3, 0.4) is 0 Å². The largest absolute Gasteiger partial charge is 0.309 e. The van der Waals surface area contributed by atoms with E-state index < -0.39 is 0 Å². The van der Waals surface area contributed by atoms with Crippen LogP contribution >= 0.6 is 0 Å². The Morgan fingerprint density at radius 3 is 2.53 bits per heavy atom. The molecule has 2 unspecified atom stereocenters. The van der Waals surface area contributed by atoms with Gasteiger partial charge in [0.15, 0.2) is 0 Å². The normalized spacial score (nSPS) is 15.2. The maximum atomic E-state index is 4.38. The zero-order valence-electron chi connectivity index (χ0n) is 12.0. The highest BCUT2D eigenvalue weighted by atomic mass is 15.3. The molecule has 0 aliphatic heterocycles. The number of nitrogens with one attached hydrogen (secondary N) is 1. The fourth-order valence-electron chi connectivity index (χ4n) is 2.09. The summed E-state index contributed by atoms with van der Waals surface area (Å²) in [6, 6.07) is 0.882. The number of hydrogen-bond donors (Lipinski definition) is 1. The third-order valence-corrected chi connectivity index (χ3v) is 3.06. The Morgan fingerprint density at radius 1 is 1.41 bits per heavy atom. The predicted octanol–water partition coefficient (Wildman–Crippen LogP) is 1.72. The molecule has 4 heteroatoms. The highest BCUT2D eigenvalue weighted by Gasteiger charge is 2.13. The van der Waals surface area contributed by atoms with Gasteiger partial charge in [-0.2, -0.15) is 5.10 Å². The van der Waals surface area contributed by atoms with Crippen molar-refractivity contribution in [3.63, 3.8) is 0 Å². The number of hydrogen-bond acceptors (Lipinski definition) is 3. The monoisotopic (exact) mass is 238 g/mol. The van der Waals surface area contributed by atoms with Crippen LogP contribution in [0.15, 0.2) is 6.20 Å². The first-order chi connectivity index (χ1) is 7.90.